The van der Waals surface area contributed by atoms with Crippen molar-refractivity contribution in [2.45, 2.75) is 19.3 Å². The number of rotatable bonds is 10. The summed E-state index contributed by atoms with van der Waals surface area (Å²) >= 11 is 0. The molecule has 0 fully saturated rings. The minimum Gasteiger partial charge on any atom is -0.494 e. The lowest BCUT2D eigenvalue weighted by Gasteiger charge is -2.06. The number of nitrogens with one attached hydrogen (secondary N) is 3. The van der Waals surface area contributed by atoms with E-state index >= 15 is 0 Å². The second-order valence-corrected chi connectivity index (χ2v) is 5.51. The zero-order chi connectivity index (χ0) is 18.8. The zero-order valence-electron chi connectivity index (χ0n) is 14.6. The second kappa shape index (κ2) is 9.97. The van der Waals surface area contributed by atoms with Crippen molar-refractivity contribution in [3.63, 3.8) is 0 Å². The highest BCUT2D eigenvalue weighted by molar-refractivity contribution is 5.98. The highest BCUT2D eigenvalue weighted by Crippen LogP contribution is 2.08. The molecule has 8 heteroatoms. The molecule has 0 unspecified atom stereocenters. The molecule has 0 aliphatic rings. The van der Waals surface area contributed by atoms with E-state index in [-0.39, 0.29) is 36.1 Å². The summed E-state index contributed by atoms with van der Waals surface area (Å²) in [5.74, 6) is -0.0259. The Morgan fingerprint density at radius 1 is 1.15 bits per heavy atom. The molecule has 0 atom stereocenters. The van der Waals surface area contributed by atoms with Crippen molar-refractivity contribution >= 4 is 17.6 Å². The number of para-hydroxylation sites is 1. The van der Waals surface area contributed by atoms with Crippen LogP contribution in [0.3, 0.4) is 0 Å². The number of aromatic nitrogens is 2. The van der Waals surface area contributed by atoms with Crippen LogP contribution in [0.15, 0.2) is 36.5 Å². The van der Waals surface area contributed by atoms with Crippen LogP contribution >= 0.6 is 0 Å². The number of imidazole rings is 1. The van der Waals surface area contributed by atoms with Gasteiger partial charge in [-0.15, -0.1) is 0 Å². The number of Topliss-reactive ketones (excluding diaryl/α,β-unsaturated/α-hetero) is 1. The number of H-pyrrole nitrogens is 1. The van der Waals surface area contributed by atoms with Crippen molar-refractivity contribution in [3.8, 4) is 5.75 Å². The van der Waals surface area contributed by atoms with Gasteiger partial charge < -0.3 is 20.4 Å². The fourth-order valence-corrected chi connectivity index (χ4v) is 2.13. The number of ether oxygens (including phenoxy) is 1. The topological polar surface area (TPSA) is 113 Å². The average molecular weight is 358 g/mol. The molecule has 0 saturated carbocycles. The molecule has 0 aliphatic carbocycles. The quantitative estimate of drug-likeness (QED) is 0.438. The van der Waals surface area contributed by atoms with E-state index in [1.807, 2.05) is 30.3 Å². The van der Waals surface area contributed by atoms with Crippen LogP contribution in [0.2, 0.25) is 0 Å². The summed E-state index contributed by atoms with van der Waals surface area (Å²) in [6.45, 7) is 0.901. The molecule has 3 N–H and O–H groups in total. The van der Waals surface area contributed by atoms with E-state index in [0.29, 0.717) is 19.6 Å². The van der Waals surface area contributed by atoms with Crippen LogP contribution in [0.25, 0.3) is 0 Å². The van der Waals surface area contributed by atoms with Crippen LogP contribution in [-0.2, 0) is 4.79 Å². The van der Waals surface area contributed by atoms with Crippen molar-refractivity contribution in [2.75, 3.05) is 20.2 Å². The van der Waals surface area contributed by atoms with Crippen LogP contribution in [0.1, 0.15) is 40.4 Å². The molecule has 2 rings (SSSR count). The van der Waals surface area contributed by atoms with Crippen LogP contribution in [0, 0.1) is 0 Å². The normalized spacial score (nSPS) is 10.2. The summed E-state index contributed by atoms with van der Waals surface area (Å²) in [6.07, 6.45) is 2.09. The first-order valence-corrected chi connectivity index (χ1v) is 8.35. The van der Waals surface area contributed by atoms with Crippen molar-refractivity contribution in [1.82, 2.24) is 20.6 Å². The van der Waals surface area contributed by atoms with E-state index in [4.69, 9.17) is 4.74 Å². The van der Waals surface area contributed by atoms with Gasteiger partial charge in [-0.25, -0.2) is 4.98 Å². The van der Waals surface area contributed by atoms with Gasteiger partial charge in [-0.1, -0.05) is 18.2 Å². The van der Waals surface area contributed by atoms with Gasteiger partial charge in [0.05, 0.1) is 12.8 Å². The summed E-state index contributed by atoms with van der Waals surface area (Å²) in [5.41, 5.74) is 0.214. The third kappa shape index (κ3) is 6.04. The summed E-state index contributed by atoms with van der Waals surface area (Å²) in [7, 11) is 1.51. The summed E-state index contributed by atoms with van der Waals surface area (Å²) < 4.78 is 5.53. The Bertz CT molecular complexity index is 743. The number of benzene rings is 1. The van der Waals surface area contributed by atoms with Gasteiger partial charge in [-0.2, -0.15) is 0 Å². The molecular weight excluding hydrogens is 336 g/mol. The third-order valence-corrected chi connectivity index (χ3v) is 3.57. The van der Waals surface area contributed by atoms with Gasteiger partial charge in [0, 0.05) is 26.4 Å². The number of nitrogens with zero attached hydrogens (tertiary/aromatic N) is 1. The standard InChI is InChI=1S/C18H22N4O4/c1-19-16(24)9-8-15(23)14-12-21-17(22-14)18(25)20-10-5-11-26-13-6-3-2-4-7-13/h2-4,6-7,12H,5,8-11H2,1H3,(H,19,24)(H,20,25)(H,21,22). The van der Waals surface area contributed by atoms with Gasteiger partial charge in [-0.05, 0) is 18.6 Å². The number of hydrogen-bond acceptors (Lipinski definition) is 5. The summed E-state index contributed by atoms with van der Waals surface area (Å²) in [5, 5.41) is 5.16. The molecule has 0 spiro atoms. The molecule has 0 saturated heterocycles. The third-order valence-electron chi connectivity index (χ3n) is 3.57. The number of carbonyl (C=O) groups excluding carboxylic acids is 3. The molecule has 1 heterocycles. The van der Waals surface area contributed by atoms with Gasteiger partial charge in [0.15, 0.2) is 11.6 Å². The van der Waals surface area contributed by atoms with Crippen LogP contribution in [0.5, 0.6) is 5.75 Å². The van der Waals surface area contributed by atoms with Gasteiger partial charge in [0.25, 0.3) is 5.91 Å². The maximum absolute atomic E-state index is 12.0. The van der Waals surface area contributed by atoms with Crippen molar-refractivity contribution in [2.24, 2.45) is 0 Å². The van der Waals surface area contributed by atoms with E-state index in [0.717, 1.165) is 5.75 Å². The predicted molar refractivity (Wildman–Crippen MR) is 95.1 cm³/mol. The van der Waals surface area contributed by atoms with E-state index in [1.54, 1.807) is 0 Å². The fraction of sp³-hybridized carbons (Fsp3) is 0.333. The Hall–Kier alpha value is -3.16. The Kier molecular flexibility index (Phi) is 7.35. The molecule has 8 nitrogen and oxygen atoms in total. The largest absolute Gasteiger partial charge is 0.494 e. The average Bonchev–Trinajstić information content (AvgIpc) is 3.16. The second-order valence-electron chi connectivity index (χ2n) is 5.51. The van der Waals surface area contributed by atoms with Crippen LogP contribution < -0.4 is 15.4 Å². The van der Waals surface area contributed by atoms with E-state index in [2.05, 4.69) is 20.6 Å². The smallest absolute Gasteiger partial charge is 0.287 e. The maximum atomic E-state index is 12.0. The molecule has 0 bridgehead atoms. The monoisotopic (exact) mass is 358 g/mol. The van der Waals surface area contributed by atoms with E-state index < -0.39 is 5.91 Å². The first kappa shape index (κ1) is 19.2. The number of carbonyl (C=O) groups is 3. The Labute approximate surface area is 151 Å². The number of ketones is 1. The lowest BCUT2D eigenvalue weighted by atomic mass is 10.2. The van der Waals surface area contributed by atoms with Gasteiger partial charge in [0.2, 0.25) is 5.91 Å². The minimum absolute atomic E-state index is 0.0553. The molecule has 0 aliphatic heterocycles. The Morgan fingerprint density at radius 3 is 2.65 bits per heavy atom. The Morgan fingerprint density at radius 2 is 1.92 bits per heavy atom. The van der Waals surface area contributed by atoms with Crippen LogP contribution in [0.4, 0.5) is 0 Å². The number of aromatic amines is 1. The first-order valence-electron chi connectivity index (χ1n) is 8.35. The van der Waals surface area contributed by atoms with Crippen molar-refractivity contribution in [1.29, 1.82) is 0 Å². The zero-order valence-corrected chi connectivity index (χ0v) is 14.6. The van der Waals surface area contributed by atoms with E-state index in [9.17, 15) is 14.4 Å². The van der Waals surface area contributed by atoms with Gasteiger partial charge in [0.1, 0.15) is 11.4 Å². The highest BCUT2D eigenvalue weighted by atomic mass is 16.5. The predicted octanol–water partition coefficient (Wildman–Crippen LogP) is 1.32. The summed E-state index contributed by atoms with van der Waals surface area (Å²) in [6, 6.07) is 9.42. The molecule has 1 aromatic heterocycles. The molecule has 0 radical (unpaired) electrons. The number of amides is 2. The fourth-order valence-electron chi connectivity index (χ4n) is 2.13. The SMILES string of the molecule is CNC(=O)CCC(=O)c1cnc(C(=O)NCCCOc2ccccc2)[nH]1. The minimum atomic E-state index is -0.393. The van der Waals surface area contributed by atoms with Crippen molar-refractivity contribution < 1.29 is 19.1 Å². The molecule has 138 valence electrons. The lowest BCUT2D eigenvalue weighted by Crippen LogP contribution is -2.26. The Balaban J connectivity index is 1.70. The van der Waals surface area contributed by atoms with Crippen molar-refractivity contribution in [3.05, 3.63) is 48.0 Å². The van der Waals surface area contributed by atoms with Crippen LogP contribution in [-0.4, -0.2) is 47.8 Å². The molecular formula is C18H22N4O4. The first-order chi connectivity index (χ1) is 12.6. The molecule has 2 aromatic rings. The molecule has 1 aromatic carbocycles. The maximum Gasteiger partial charge on any atom is 0.287 e. The highest BCUT2D eigenvalue weighted by Gasteiger charge is 2.15. The molecule has 2 amide bonds. The van der Waals surface area contributed by atoms with Gasteiger partial charge in [-0.3, -0.25) is 14.4 Å². The van der Waals surface area contributed by atoms with Gasteiger partial charge >= 0.3 is 0 Å². The molecule has 26 heavy (non-hydrogen) atoms. The van der Waals surface area contributed by atoms with E-state index in [1.165, 1.54) is 13.2 Å². The number of hydrogen-bond donors (Lipinski definition) is 3. The summed E-state index contributed by atoms with van der Waals surface area (Å²) in [4.78, 5) is 41.7. The lowest BCUT2D eigenvalue weighted by molar-refractivity contribution is -0.120.